The van der Waals surface area contributed by atoms with Gasteiger partial charge in [0.25, 0.3) is 5.91 Å². The number of carbonyl (C=O) groups excluding carboxylic acids is 1. The molecule has 194 valence electrons. The number of carbonyl (C=O) groups is 1. The maximum atomic E-state index is 13.8. The molecular weight excluding hydrogens is 451 g/mol. The Balaban J connectivity index is 1.61. The smallest absolute Gasteiger partial charge is 0.254 e. The molecule has 0 atom stereocenters. The first-order valence-corrected chi connectivity index (χ1v) is 13.6. The summed E-state index contributed by atoms with van der Waals surface area (Å²) < 4.78 is 16.1. The monoisotopic (exact) mass is 492 g/mol. The van der Waals surface area contributed by atoms with Crippen molar-refractivity contribution < 1.29 is 9.18 Å². The SMILES string of the molecule is CCCN(Cc1ccc2c(c1)nc(CN(CC(C)C)C(=O)c1cccc(F)c1)n2CCC)CC1CC1. The first-order valence-electron chi connectivity index (χ1n) is 13.6. The fourth-order valence-corrected chi connectivity index (χ4v) is 5.03. The van der Waals surface area contributed by atoms with Crippen LogP contribution in [0, 0.1) is 17.7 Å². The lowest BCUT2D eigenvalue weighted by Gasteiger charge is -2.25. The van der Waals surface area contributed by atoms with Crippen LogP contribution in [0.25, 0.3) is 11.0 Å². The number of imidazole rings is 1. The molecule has 1 fully saturated rings. The molecule has 0 unspecified atom stereocenters. The average Bonchev–Trinajstić information content (AvgIpc) is 3.59. The van der Waals surface area contributed by atoms with Crippen molar-refractivity contribution in [2.24, 2.45) is 11.8 Å². The molecule has 0 N–H and O–H groups in total. The highest BCUT2D eigenvalue weighted by Gasteiger charge is 2.24. The average molecular weight is 493 g/mol. The van der Waals surface area contributed by atoms with Crippen LogP contribution < -0.4 is 0 Å². The summed E-state index contributed by atoms with van der Waals surface area (Å²) in [5.41, 5.74) is 3.77. The van der Waals surface area contributed by atoms with Gasteiger partial charge in [-0.25, -0.2) is 9.37 Å². The predicted molar refractivity (Wildman–Crippen MR) is 144 cm³/mol. The van der Waals surface area contributed by atoms with Gasteiger partial charge in [0.05, 0.1) is 17.6 Å². The summed E-state index contributed by atoms with van der Waals surface area (Å²) in [5, 5.41) is 0. The lowest BCUT2D eigenvalue weighted by molar-refractivity contribution is 0.0715. The minimum absolute atomic E-state index is 0.158. The number of benzene rings is 2. The number of hydrogen-bond acceptors (Lipinski definition) is 3. The number of fused-ring (bicyclic) bond motifs is 1. The fraction of sp³-hybridized carbons (Fsp3) is 0.533. The van der Waals surface area contributed by atoms with Crippen LogP contribution in [0.3, 0.4) is 0 Å². The second-order valence-electron chi connectivity index (χ2n) is 10.8. The number of nitrogens with zero attached hydrogens (tertiary/aromatic N) is 4. The minimum atomic E-state index is -0.394. The Morgan fingerprint density at radius 1 is 1.11 bits per heavy atom. The number of hydrogen-bond donors (Lipinski definition) is 0. The number of aryl methyl sites for hydroxylation is 1. The third-order valence-electron chi connectivity index (χ3n) is 6.77. The van der Waals surface area contributed by atoms with E-state index < -0.39 is 5.82 Å². The van der Waals surface area contributed by atoms with Crippen LogP contribution in [0.15, 0.2) is 42.5 Å². The maximum absolute atomic E-state index is 13.8. The van der Waals surface area contributed by atoms with Crippen molar-refractivity contribution in [1.82, 2.24) is 19.4 Å². The highest BCUT2D eigenvalue weighted by atomic mass is 19.1. The summed E-state index contributed by atoms with van der Waals surface area (Å²) in [6, 6.07) is 12.6. The molecule has 2 aromatic carbocycles. The molecule has 0 spiro atoms. The van der Waals surface area contributed by atoms with Gasteiger partial charge in [-0.05, 0) is 80.0 Å². The van der Waals surface area contributed by atoms with Crippen molar-refractivity contribution in [1.29, 1.82) is 0 Å². The van der Waals surface area contributed by atoms with Crippen molar-refractivity contribution in [2.75, 3.05) is 19.6 Å². The van der Waals surface area contributed by atoms with E-state index in [1.165, 1.54) is 37.1 Å². The second-order valence-corrected chi connectivity index (χ2v) is 10.8. The first kappa shape index (κ1) is 26.3. The second kappa shape index (κ2) is 12.0. The molecule has 1 amide bonds. The van der Waals surface area contributed by atoms with Crippen LogP contribution >= 0.6 is 0 Å². The molecule has 0 radical (unpaired) electrons. The first-order chi connectivity index (χ1) is 17.4. The van der Waals surface area contributed by atoms with Crippen molar-refractivity contribution in [3.63, 3.8) is 0 Å². The molecule has 4 rings (SSSR count). The minimum Gasteiger partial charge on any atom is -0.331 e. The quantitative estimate of drug-likeness (QED) is 0.273. The van der Waals surface area contributed by atoms with E-state index in [1.54, 1.807) is 12.1 Å². The molecule has 0 bridgehead atoms. The van der Waals surface area contributed by atoms with Gasteiger partial charge >= 0.3 is 0 Å². The third-order valence-corrected chi connectivity index (χ3v) is 6.77. The largest absolute Gasteiger partial charge is 0.331 e. The molecule has 0 aliphatic heterocycles. The zero-order valence-electron chi connectivity index (χ0n) is 22.3. The molecule has 1 aromatic heterocycles. The summed E-state index contributed by atoms with van der Waals surface area (Å²) in [5.74, 6) is 1.49. The summed E-state index contributed by atoms with van der Waals surface area (Å²) in [6.45, 7) is 13.7. The Morgan fingerprint density at radius 3 is 2.58 bits per heavy atom. The van der Waals surface area contributed by atoms with Gasteiger partial charge in [0.15, 0.2) is 0 Å². The highest BCUT2D eigenvalue weighted by molar-refractivity contribution is 5.94. The van der Waals surface area contributed by atoms with E-state index in [-0.39, 0.29) is 11.8 Å². The third kappa shape index (κ3) is 6.73. The van der Waals surface area contributed by atoms with E-state index in [1.807, 2.05) is 4.90 Å². The molecular formula is C30H41FN4O. The van der Waals surface area contributed by atoms with Crippen molar-refractivity contribution >= 4 is 16.9 Å². The van der Waals surface area contributed by atoms with E-state index >= 15 is 0 Å². The van der Waals surface area contributed by atoms with Crippen LogP contribution in [-0.4, -0.2) is 44.9 Å². The lowest BCUT2D eigenvalue weighted by Crippen LogP contribution is -2.34. The van der Waals surface area contributed by atoms with Crippen molar-refractivity contribution in [3.05, 3.63) is 65.2 Å². The predicted octanol–water partition coefficient (Wildman–Crippen LogP) is 6.51. The summed E-state index contributed by atoms with van der Waals surface area (Å²) in [6.07, 6.45) is 4.87. The van der Waals surface area contributed by atoms with Crippen LogP contribution in [-0.2, 0) is 19.6 Å². The molecule has 3 aromatic rings. The number of amides is 1. The molecule has 1 aliphatic carbocycles. The lowest BCUT2D eigenvalue weighted by atomic mass is 10.1. The van der Waals surface area contributed by atoms with Gasteiger partial charge in [-0.3, -0.25) is 9.69 Å². The van der Waals surface area contributed by atoms with Gasteiger partial charge in [-0.2, -0.15) is 0 Å². The normalized spacial score (nSPS) is 13.8. The molecule has 1 aliphatic rings. The van der Waals surface area contributed by atoms with Gasteiger partial charge in [0.2, 0.25) is 0 Å². The summed E-state index contributed by atoms with van der Waals surface area (Å²) in [4.78, 5) is 22.8. The Kier molecular flexibility index (Phi) is 8.78. The number of rotatable bonds is 13. The molecule has 0 saturated heterocycles. The topological polar surface area (TPSA) is 41.4 Å². The van der Waals surface area contributed by atoms with Crippen LogP contribution in [0.1, 0.15) is 75.1 Å². The van der Waals surface area contributed by atoms with E-state index in [0.717, 1.165) is 55.3 Å². The van der Waals surface area contributed by atoms with Gasteiger partial charge in [-0.15, -0.1) is 0 Å². The molecule has 1 heterocycles. The Hall–Kier alpha value is -2.73. The standard InChI is InChI=1S/C30H41FN4O/c1-5-14-33(19-23-10-11-23)20-24-12-13-28-27(16-24)32-29(35(28)15-6-2)21-34(18-22(3)4)30(36)25-8-7-9-26(31)17-25/h7-9,12-13,16-17,22-23H,5-6,10-11,14-15,18-21H2,1-4H3. The van der Waals surface area contributed by atoms with E-state index in [4.69, 9.17) is 4.98 Å². The highest BCUT2D eigenvalue weighted by Crippen LogP contribution is 2.30. The zero-order chi connectivity index (χ0) is 25.7. The molecule has 5 nitrogen and oxygen atoms in total. The maximum Gasteiger partial charge on any atom is 0.254 e. The van der Waals surface area contributed by atoms with Crippen LogP contribution in [0.5, 0.6) is 0 Å². The van der Waals surface area contributed by atoms with E-state index in [0.29, 0.717) is 18.7 Å². The summed E-state index contributed by atoms with van der Waals surface area (Å²) in [7, 11) is 0. The van der Waals surface area contributed by atoms with Gasteiger partial charge in [0.1, 0.15) is 11.6 Å². The molecule has 36 heavy (non-hydrogen) atoms. The Bertz CT molecular complexity index is 1170. The molecule has 1 saturated carbocycles. The van der Waals surface area contributed by atoms with Crippen LogP contribution in [0.2, 0.25) is 0 Å². The van der Waals surface area contributed by atoms with Crippen molar-refractivity contribution in [3.8, 4) is 0 Å². The van der Waals surface area contributed by atoms with E-state index in [9.17, 15) is 9.18 Å². The summed E-state index contributed by atoms with van der Waals surface area (Å²) >= 11 is 0. The van der Waals surface area contributed by atoms with Gasteiger partial charge in [0, 0.05) is 31.7 Å². The zero-order valence-corrected chi connectivity index (χ0v) is 22.3. The molecule has 6 heteroatoms. The fourth-order valence-electron chi connectivity index (χ4n) is 5.03. The van der Waals surface area contributed by atoms with Crippen LogP contribution in [0.4, 0.5) is 4.39 Å². The van der Waals surface area contributed by atoms with Gasteiger partial charge in [-0.1, -0.05) is 39.8 Å². The van der Waals surface area contributed by atoms with Crippen molar-refractivity contribution in [2.45, 2.75) is 73.0 Å². The Labute approximate surface area is 215 Å². The number of halogens is 1. The Morgan fingerprint density at radius 2 is 1.92 bits per heavy atom. The van der Waals surface area contributed by atoms with E-state index in [2.05, 4.69) is 55.4 Å². The van der Waals surface area contributed by atoms with Gasteiger partial charge < -0.3 is 9.47 Å². The number of aromatic nitrogens is 2.